The summed E-state index contributed by atoms with van der Waals surface area (Å²) in [6, 6.07) is 18.9. The Labute approximate surface area is 208 Å². The molecule has 6 nitrogen and oxygen atoms in total. The number of likely N-dealkylation sites (tertiary alicyclic amines) is 1. The SMILES string of the molecule is Cn1ccc(CC(=O)N2CCOc3ccc(CN4CCC(OCc5ccccc5)CC4)cc3C2)c1. The summed E-state index contributed by atoms with van der Waals surface area (Å²) >= 11 is 0. The maximum Gasteiger partial charge on any atom is 0.227 e. The highest BCUT2D eigenvalue weighted by atomic mass is 16.5. The summed E-state index contributed by atoms with van der Waals surface area (Å²) in [4.78, 5) is 17.4. The molecule has 3 aromatic rings. The molecule has 1 saturated heterocycles. The molecule has 35 heavy (non-hydrogen) atoms. The van der Waals surface area contributed by atoms with E-state index in [9.17, 15) is 4.79 Å². The number of hydrogen-bond acceptors (Lipinski definition) is 4. The Balaban J connectivity index is 1.14. The van der Waals surface area contributed by atoms with Crippen molar-refractivity contribution in [3.8, 4) is 5.75 Å². The van der Waals surface area contributed by atoms with E-state index in [2.05, 4.69) is 47.4 Å². The van der Waals surface area contributed by atoms with Gasteiger partial charge in [0, 0.05) is 51.2 Å². The van der Waals surface area contributed by atoms with Crippen molar-refractivity contribution < 1.29 is 14.3 Å². The molecule has 0 spiro atoms. The predicted octanol–water partition coefficient (Wildman–Crippen LogP) is 4.17. The minimum Gasteiger partial charge on any atom is -0.491 e. The lowest BCUT2D eigenvalue weighted by molar-refractivity contribution is -0.131. The van der Waals surface area contributed by atoms with E-state index in [0.717, 1.165) is 49.4 Å². The second kappa shape index (κ2) is 11.1. The van der Waals surface area contributed by atoms with Crippen molar-refractivity contribution in [1.82, 2.24) is 14.4 Å². The number of ether oxygens (including phenoxy) is 2. The zero-order valence-electron chi connectivity index (χ0n) is 20.6. The number of nitrogens with zero attached hydrogens (tertiary/aromatic N) is 3. The highest BCUT2D eigenvalue weighted by molar-refractivity contribution is 5.79. The van der Waals surface area contributed by atoms with Crippen LogP contribution in [0.3, 0.4) is 0 Å². The van der Waals surface area contributed by atoms with E-state index in [-0.39, 0.29) is 5.91 Å². The lowest BCUT2D eigenvalue weighted by Gasteiger charge is -2.32. The summed E-state index contributed by atoms with van der Waals surface area (Å²) in [6.45, 7) is 5.43. The molecule has 0 radical (unpaired) electrons. The molecule has 2 aliphatic heterocycles. The maximum atomic E-state index is 13.0. The van der Waals surface area contributed by atoms with Crippen LogP contribution in [-0.2, 0) is 42.7 Å². The van der Waals surface area contributed by atoms with Gasteiger partial charge < -0.3 is 18.9 Å². The van der Waals surface area contributed by atoms with Gasteiger partial charge in [0.2, 0.25) is 5.91 Å². The average molecular weight is 474 g/mol. The largest absolute Gasteiger partial charge is 0.491 e. The van der Waals surface area contributed by atoms with E-state index in [4.69, 9.17) is 9.47 Å². The molecular weight excluding hydrogens is 438 g/mol. The van der Waals surface area contributed by atoms with Crippen LogP contribution in [0.5, 0.6) is 5.75 Å². The van der Waals surface area contributed by atoms with Crippen molar-refractivity contribution in [2.75, 3.05) is 26.2 Å². The van der Waals surface area contributed by atoms with Crippen LogP contribution in [-0.4, -0.2) is 52.6 Å². The number of amides is 1. The molecule has 1 fully saturated rings. The van der Waals surface area contributed by atoms with E-state index < -0.39 is 0 Å². The average Bonchev–Trinajstić information content (AvgIpc) is 3.16. The van der Waals surface area contributed by atoms with Crippen LogP contribution in [0.25, 0.3) is 0 Å². The first-order valence-electron chi connectivity index (χ1n) is 12.6. The van der Waals surface area contributed by atoms with E-state index in [1.54, 1.807) is 0 Å². The summed E-state index contributed by atoms with van der Waals surface area (Å²) in [5.74, 6) is 1.05. The van der Waals surface area contributed by atoms with Gasteiger partial charge >= 0.3 is 0 Å². The van der Waals surface area contributed by atoms with E-state index in [1.807, 2.05) is 41.0 Å². The fourth-order valence-corrected chi connectivity index (χ4v) is 4.99. The lowest BCUT2D eigenvalue weighted by Crippen LogP contribution is -2.36. The molecule has 184 valence electrons. The Hall–Kier alpha value is -3.09. The van der Waals surface area contributed by atoms with Crippen LogP contribution in [0, 0.1) is 0 Å². The van der Waals surface area contributed by atoms with Gasteiger partial charge in [-0.3, -0.25) is 9.69 Å². The zero-order chi connectivity index (χ0) is 24.0. The summed E-state index contributed by atoms with van der Waals surface area (Å²) in [5, 5.41) is 0. The van der Waals surface area contributed by atoms with Crippen molar-refractivity contribution in [2.45, 2.75) is 45.1 Å². The zero-order valence-corrected chi connectivity index (χ0v) is 20.6. The molecule has 1 aromatic heterocycles. The van der Waals surface area contributed by atoms with Gasteiger partial charge in [-0.2, -0.15) is 0 Å². The monoisotopic (exact) mass is 473 g/mol. The molecule has 1 amide bonds. The number of rotatable bonds is 7. The fraction of sp³-hybridized carbons (Fsp3) is 0.414. The molecule has 0 atom stereocenters. The first-order chi connectivity index (χ1) is 17.1. The standard InChI is InChI=1S/C29H35N3O3/c1-30-12-9-25(19-30)18-29(33)32-15-16-34-28-8-7-24(17-26(28)21-32)20-31-13-10-27(11-14-31)35-22-23-5-3-2-4-6-23/h2-9,12,17,19,27H,10-11,13-16,18,20-22H2,1H3. The Bertz CT molecular complexity index is 1120. The van der Waals surface area contributed by atoms with Gasteiger partial charge in [-0.15, -0.1) is 0 Å². The number of aryl methyl sites for hydroxylation is 1. The third-order valence-electron chi connectivity index (χ3n) is 6.98. The third-order valence-corrected chi connectivity index (χ3v) is 6.98. The molecule has 0 N–H and O–H groups in total. The van der Waals surface area contributed by atoms with Gasteiger partial charge in [0.05, 0.1) is 25.7 Å². The van der Waals surface area contributed by atoms with Crippen LogP contribution < -0.4 is 4.74 Å². The number of hydrogen-bond donors (Lipinski definition) is 0. The van der Waals surface area contributed by atoms with Crippen LogP contribution in [0.1, 0.15) is 35.1 Å². The van der Waals surface area contributed by atoms with E-state index in [1.165, 1.54) is 11.1 Å². The predicted molar refractivity (Wildman–Crippen MR) is 136 cm³/mol. The minimum absolute atomic E-state index is 0.149. The van der Waals surface area contributed by atoms with Gasteiger partial charge in [0.1, 0.15) is 12.4 Å². The summed E-state index contributed by atoms with van der Waals surface area (Å²) in [6.07, 6.45) is 6.86. The second-order valence-corrected chi connectivity index (χ2v) is 9.74. The summed E-state index contributed by atoms with van der Waals surface area (Å²) in [5.41, 5.74) is 4.65. The quantitative estimate of drug-likeness (QED) is 0.517. The van der Waals surface area contributed by atoms with Crippen LogP contribution in [0.2, 0.25) is 0 Å². The van der Waals surface area contributed by atoms with Crippen molar-refractivity contribution in [3.63, 3.8) is 0 Å². The first kappa shape index (κ1) is 23.6. The Kier molecular flexibility index (Phi) is 7.50. The molecule has 3 heterocycles. The van der Waals surface area contributed by atoms with Gasteiger partial charge in [0.15, 0.2) is 0 Å². The van der Waals surface area contributed by atoms with Crippen molar-refractivity contribution in [3.05, 3.63) is 89.2 Å². The molecule has 5 rings (SSSR count). The van der Waals surface area contributed by atoms with E-state index in [0.29, 0.717) is 38.8 Å². The molecule has 0 unspecified atom stereocenters. The molecule has 0 aliphatic carbocycles. The minimum atomic E-state index is 0.149. The highest BCUT2D eigenvalue weighted by Crippen LogP contribution is 2.26. The van der Waals surface area contributed by atoms with Gasteiger partial charge in [-0.1, -0.05) is 36.4 Å². The molecule has 0 saturated carbocycles. The van der Waals surface area contributed by atoms with Crippen molar-refractivity contribution >= 4 is 5.91 Å². The number of aromatic nitrogens is 1. The topological polar surface area (TPSA) is 46.9 Å². The molecule has 2 aromatic carbocycles. The van der Waals surface area contributed by atoms with Crippen molar-refractivity contribution in [2.24, 2.45) is 7.05 Å². The molecular formula is C29H35N3O3. The highest BCUT2D eigenvalue weighted by Gasteiger charge is 2.23. The molecule has 0 bridgehead atoms. The molecule has 6 heteroatoms. The third kappa shape index (κ3) is 6.32. The van der Waals surface area contributed by atoms with Gasteiger partial charge in [-0.05, 0) is 47.7 Å². The lowest BCUT2D eigenvalue weighted by atomic mass is 10.0. The van der Waals surface area contributed by atoms with Crippen molar-refractivity contribution in [1.29, 1.82) is 0 Å². The number of carbonyl (C=O) groups excluding carboxylic acids is 1. The molecule has 2 aliphatic rings. The second-order valence-electron chi connectivity index (χ2n) is 9.74. The van der Waals surface area contributed by atoms with Crippen LogP contribution >= 0.6 is 0 Å². The smallest absolute Gasteiger partial charge is 0.227 e. The number of benzene rings is 2. The number of piperidine rings is 1. The summed E-state index contributed by atoms with van der Waals surface area (Å²) < 4.78 is 14.1. The Morgan fingerprint density at radius 2 is 1.83 bits per heavy atom. The maximum absolute atomic E-state index is 13.0. The first-order valence-corrected chi connectivity index (χ1v) is 12.6. The van der Waals surface area contributed by atoms with Crippen LogP contribution in [0.4, 0.5) is 0 Å². The number of fused-ring (bicyclic) bond motifs is 1. The summed E-state index contributed by atoms with van der Waals surface area (Å²) in [7, 11) is 1.98. The van der Waals surface area contributed by atoms with Gasteiger partial charge in [0.25, 0.3) is 0 Å². The van der Waals surface area contributed by atoms with Gasteiger partial charge in [-0.25, -0.2) is 0 Å². The Morgan fingerprint density at radius 3 is 2.60 bits per heavy atom. The fourth-order valence-electron chi connectivity index (χ4n) is 4.99. The number of carbonyl (C=O) groups is 1. The van der Waals surface area contributed by atoms with E-state index >= 15 is 0 Å². The van der Waals surface area contributed by atoms with Crippen LogP contribution in [0.15, 0.2) is 67.0 Å². The normalized spacial score (nSPS) is 17.0. The Morgan fingerprint density at radius 1 is 1.00 bits per heavy atom.